The Balaban J connectivity index is 0.00000105. The zero-order valence-electron chi connectivity index (χ0n) is 17.3. The second kappa shape index (κ2) is 12.6. The molecule has 2 atom stereocenters. The zero-order valence-corrected chi connectivity index (χ0v) is 18.2. The van der Waals surface area contributed by atoms with Crippen molar-refractivity contribution in [3.05, 3.63) is 39.9 Å². The summed E-state index contributed by atoms with van der Waals surface area (Å²) in [5, 5.41) is 14.0. The maximum absolute atomic E-state index is 11.1. The highest BCUT2D eigenvalue weighted by Crippen LogP contribution is 2.22. The lowest BCUT2D eigenvalue weighted by Gasteiger charge is -2.19. The molecule has 0 aliphatic rings. The van der Waals surface area contributed by atoms with Gasteiger partial charge in [0.25, 0.3) is 6.17 Å². The molecule has 0 aromatic heterocycles. The van der Waals surface area contributed by atoms with Gasteiger partial charge in [-0.3, -0.25) is 14.3 Å². The smallest absolute Gasteiger partial charge is 0.293 e. The van der Waals surface area contributed by atoms with E-state index >= 15 is 0 Å². The monoisotopic (exact) mass is 420 g/mol. The first kappa shape index (κ1) is 26.2. The molecule has 10 nitrogen and oxygen atoms in total. The number of hydrogen-bond acceptors (Lipinski definition) is 8. The van der Waals surface area contributed by atoms with Crippen LogP contribution in [0.15, 0.2) is 24.3 Å². The summed E-state index contributed by atoms with van der Waals surface area (Å²) in [6.07, 6.45) is -0.990. The van der Waals surface area contributed by atoms with Gasteiger partial charge in [0, 0.05) is 22.2 Å². The van der Waals surface area contributed by atoms with Crippen molar-refractivity contribution in [2.45, 2.75) is 33.0 Å². The maximum atomic E-state index is 11.1. The summed E-state index contributed by atoms with van der Waals surface area (Å²) in [7, 11) is 0.654. The topological polar surface area (TPSA) is 129 Å². The summed E-state index contributed by atoms with van der Waals surface area (Å²) >= 11 is 0. The van der Waals surface area contributed by atoms with Crippen molar-refractivity contribution in [2.75, 3.05) is 46.2 Å². The lowest BCUT2D eigenvalue weighted by atomic mass is 10.1. The van der Waals surface area contributed by atoms with Crippen LogP contribution in [0.4, 0.5) is 5.69 Å². The molecular weight excluding hydrogens is 388 g/mol. The number of anilines is 1. The van der Waals surface area contributed by atoms with Crippen molar-refractivity contribution in [1.82, 2.24) is 4.90 Å². The molecule has 1 aromatic carbocycles. The molecule has 0 saturated carbocycles. The number of nitrogens with one attached hydrogen (secondary N) is 2. The maximum Gasteiger partial charge on any atom is 0.293 e. The Kier molecular flexibility index (Phi) is 11.8. The van der Waals surface area contributed by atoms with Gasteiger partial charge in [-0.1, -0.05) is 12.1 Å². The summed E-state index contributed by atoms with van der Waals surface area (Å²) in [5.41, 5.74) is 1.04. The SMILES string of the molecule is CC(COS(=O)(=O)[O-])Nc1cccc(C(N(C)C)[N+](=O)[O-])c1.CC[NH+](C)CC. The summed E-state index contributed by atoms with van der Waals surface area (Å²) < 4.78 is 35.3. The third-order valence-electron chi connectivity index (χ3n) is 3.96. The van der Waals surface area contributed by atoms with Gasteiger partial charge in [-0.15, -0.1) is 0 Å². The lowest BCUT2D eigenvalue weighted by Crippen LogP contribution is -3.08. The average molecular weight is 421 g/mol. The fourth-order valence-corrected chi connectivity index (χ4v) is 2.53. The summed E-state index contributed by atoms with van der Waals surface area (Å²) in [6, 6.07) is 6.08. The normalized spacial score (nSPS) is 13.6. The van der Waals surface area contributed by atoms with E-state index in [1.165, 1.54) is 18.0 Å². The number of nitrogens with zero attached hydrogens (tertiary/aromatic N) is 2. The van der Waals surface area contributed by atoms with E-state index < -0.39 is 27.5 Å². The van der Waals surface area contributed by atoms with E-state index in [-0.39, 0.29) is 6.61 Å². The predicted octanol–water partition coefficient (Wildman–Crippen LogP) is 0.342. The minimum Gasteiger partial charge on any atom is -0.726 e. The van der Waals surface area contributed by atoms with Gasteiger partial charge in [0.2, 0.25) is 10.4 Å². The largest absolute Gasteiger partial charge is 0.726 e. The van der Waals surface area contributed by atoms with Crippen LogP contribution in [0.25, 0.3) is 0 Å². The van der Waals surface area contributed by atoms with Crippen LogP contribution < -0.4 is 10.2 Å². The van der Waals surface area contributed by atoms with Crippen LogP contribution in [0.2, 0.25) is 0 Å². The van der Waals surface area contributed by atoms with Crippen molar-refractivity contribution in [3.63, 3.8) is 0 Å². The summed E-state index contributed by atoms with van der Waals surface area (Å²) in [4.78, 5) is 13.8. The van der Waals surface area contributed by atoms with Crippen molar-refractivity contribution >= 4 is 16.1 Å². The molecule has 11 heteroatoms. The molecule has 2 N–H and O–H groups in total. The molecule has 162 valence electrons. The highest BCUT2D eigenvalue weighted by Gasteiger charge is 2.25. The van der Waals surface area contributed by atoms with Crippen LogP contribution in [-0.2, 0) is 14.6 Å². The summed E-state index contributed by atoms with van der Waals surface area (Å²) in [6.45, 7) is 8.17. The van der Waals surface area contributed by atoms with Crippen LogP contribution in [0.3, 0.4) is 0 Å². The van der Waals surface area contributed by atoms with E-state index in [1.807, 2.05) is 0 Å². The summed E-state index contributed by atoms with van der Waals surface area (Å²) in [5.74, 6) is 0. The Morgan fingerprint density at radius 3 is 2.25 bits per heavy atom. The quantitative estimate of drug-likeness (QED) is 0.182. The molecule has 0 aliphatic carbocycles. The standard InChI is InChI=1S/C12H19N3O6S.C5H13N/c1-9(8-21-22(18,19)20)13-11-6-4-5-10(7-11)12(14(2)3)15(16)17;1-4-6(3)5-2/h4-7,9,12-13H,8H2,1-3H3,(H,18,19,20);4-5H2,1-3H3. The molecule has 1 rings (SSSR count). The van der Waals surface area contributed by atoms with Gasteiger partial charge in [-0.25, -0.2) is 13.3 Å². The van der Waals surface area contributed by atoms with Crippen LogP contribution >= 0.6 is 0 Å². The van der Waals surface area contributed by atoms with E-state index in [9.17, 15) is 23.1 Å². The van der Waals surface area contributed by atoms with Crippen LogP contribution in [0.1, 0.15) is 32.5 Å². The molecular formula is C17H32N4O6S. The molecule has 28 heavy (non-hydrogen) atoms. The minimum atomic E-state index is -4.74. The Hall–Kier alpha value is -1.79. The van der Waals surface area contributed by atoms with Gasteiger partial charge < -0.3 is 14.8 Å². The fraction of sp³-hybridized carbons (Fsp3) is 0.647. The third-order valence-corrected chi connectivity index (χ3v) is 4.38. The van der Waals surface area contributed by atoms with Crippen molar-refractivity contribution in [1.29, 1.82) is 0 Å². The van der Waals surface area contributed by atoms with Crippen LogP contribution in [-0.4, -0.2) is 69.7 Å². The van der Waals surface area contributed by atoms with Gasteiger partial charge in [0.1, 0.15) is 0 Å². The molecule has 0 heterocycles. The van der Waals surface area contributed by atoms with Crippen LogP contribution in [0, 0.1) is 10.1 Å². The molecule has 0 aliphatic heterocycles. The average Bonchev–Trinajstić information content (AvgIpc) is 2.59. The van der Waals surface area contributed by atoms with Gasteiger partial charge in [0.05, 0.1) is 26.7 Å². The van der Waals surface area contributed by atoms with Crippen molar-refractivity contribution < 1.29 is 27.0 Å². The van der Waals surface area contributed by atoms with E-state index in [0.29, 0.717) is 11.3 Å². The zero-order chi connectivity index (χ0) is 21.9. The molecule has 0 radical (unpaired) electrons. The lowest BCUT2D eigenvalue weighted by molar-refractivity contribution is -0.875. The van der Waals surface area contributed by atoms with Gasteiger partial charge in [-0.2, -0.15) is 0 Å². The number of benzene rings is 1. The predicted molar refractivity (Wildman–Crippen MR) is 107 cm³/mol. The van der Waals surface area contributed by atoms with Crippen molar-refractivity contribution in [3.8, 4) is 0 Å². The first-order valence-corrected chi connectivity index (χ1v) is 10.3. The Morgan fingerprint density at radius 1 is 1.29 bits per heavy atom. The molecule has 0 saturated heterocycles. The number of rotatable bonds is 10. The number of hydrogen-bond donors (Lipinski definition) is 2. The Bertz CT molecular complexity index is 695. The third kappa shape index (κ3) is 11.1. The molecule has 0 spiro atoms. The highest BCUT2D eigenvalue weighted by molar-refractivity contribution is 7.80. The second-order valence-electron chi connectivity index (χ2n) is 6.65. The van der Waals surface area contributed by atoms with Gasteiger partial charge >= 0.3 is 0 Å². The number of quaternary nitrogens is 1. The van der Waals surface area contributed by atoms with Crippen molar-refractivity contribution in [2.24, 2.45) is 0 Å². The Morgan fingerprint density at radius 2 is 1.86 bits per heavy atom. The molecule has 2 unspecified atom stereocenters. The van der Waals surface area contributed by atoms with E-state index in [1.54, 1.807) is 50.2 Å². The second-order valence-corrected chi connectivity index (χ2v) is 7.70. The Labute approximate surface area is 167 Å². The highest BCUT2D eigenvalue weighted by atomic mass is 32.3. The molecule has 0 fully saturated rings. The van der Waals surface area contributed by atoms with E-state index in [4.69, 9.17) is 0 Å². The van der Waals surface area contributed by atoms with Crippen LogP contribution in [0.5, 0.6) is 0 Å². The van der Waals surface area contributed by atoms with E-state index in [0.717, 1.165) is 0 Å². The number of nitro groups is 1. The molecule has 0 bridgehead atoms. The first-order chi connectivity index (χ1) is 12.9. The molecule has 1 aromatic rings. The fourth-order valence-electron chi connectivity index (χ4n) is 2.16. The minimum absolute atomic E-state index is 0.331. The molecule has 0 amide bonds. The first-order valence-electron chi connectivity index (χ1n) is 8.99. The van der Waals surface area contributed by atoms with Gasteiger partial charge in [-0.05, 0) is 47.0 Å². The van der Waals surface area contributed by atoms with Gasteiger partial charge in [0.15, 0.2) is 0 Å². The van der Waals surface area contributed by atoms with E-state index in [2.05, 4.69) is 30.4 Å².